The first kappa shape index (κ1) is 18.1. The summed E-state index contributed by atoms with van der Waals surface area (Å²) in [4.78, 5) is 7.03. The lowest BCUT2D eigenvalue weighted by molar-refractivity contribution is -0.0661. The number of anilines is 2. The summed E-state index contributed by atoms with van der Waals surface area (Å²) in [6.45, 7) is 7.05. The zero-order valence-electron chi connectivity index (χ0n) is 16.0. The maximum Gasteiger partial charge on any atom is 0.202 e. The Kier molecular flexibility index (Phi) is 4.52. The first-order valence-corrected chi connectivity index (χ1v) is 9.77. The summed E-state index contributed by atoms with van der Waals surface area (Å²) in [5.41, 5.74) is 2.75. The molecule has 140 valence electrons. The smallest absolute Gasteiger partial charge is 0.202 e. The summed E-state index contributed by atoms with van der Waals surface area (Å²) in [6.07, 6.45) is 1.65. The summed E-state index contributed by atoms with van der Waals surface area (Å²) in [5, 5.41) is 4.15. The van der Waals surface area contributed by atoms with Gasteiger partial charge in [-0.2, -0.15) is 0 Å². The zero-order chi connectivity index (χ0) is 19.1. The molecule has 1 saturated heterocycles. The minimum Gasteiger partial charge on any atom is -0.375 e. The molecule has 4 rings (SSSR count). The third kappa shape index (κ3) is 3.37. The number of hydrogen-bond acceptors (Lipinski definition) is 3. The lowest BCUT2D eigenvalue weighted by atomic mass is 9.79. The van der Waals surface area contributed by atoms with Crippen LogP contribution in [0.5, 0.6) is 0 Å². The minimum atomic E-state index is -0.329. The van der Waals surface area contributed by atoms with E-state index in [1.54, 1.807) is 0 Å². The van der Waals surface area contributed by atoms with Crippen LogP contribution in [0.4, 0.5) is 11.4 Å². The molecule has 2 aliphatic rings. The van der Waals surface area contributed by atoms with Crippen LogP contribution in [-0.4, -0.2) is 28.7 Å². The van der Waals surface area contributed by atoms with Crippen molar-refractivity contribution in [3.05, 3.63) is 60.2 Å². The summed E-state index contributed by atoms with van der Waals surface area (Å²) in [6, 6.07) is 18.7. The number of benzene rings is 2. The van der Waals surface area contributed by atoms with Crippen LogP contribution < -0.4 is 10.2 Å². The Morgan fingerprint density at radius 2 is 1.78 bits per heavy atom. The van der Waals surface area contributed by atoms with E-state index in [-0.39, 0.29) is 11.1 Å². The molecular weight excluding hydrogens is 354 g/mol. The Hall–Kier alpha value is -2.24. The van der Waals surface area contributed by atoms with Gasteiger partial charge in [0.25, 0.3) is 0 Å². The van der Waals surface area contributed by atoms with Crippen LogP contribution in [0.15, 0.2) is 59.6 Å². The molecule has 5 heteroatoms. The van der Waals surface area contributed by atoms with E-state index in [0.717, 1.165) is 30.1 Å². The third-order valence-corrected chi connectivity index (χ3v) is 5.60. The lowest BCUT2D eigenvalue weighted by Gasteiger charge is -2.48. The molecule has 1 spiro atoms. The van der Waals surface area contributed by atoms with E-state index in [4.69, 9.17) is 21.9 Å². The van der Waals surface area contributed by atoms with Crippen molar-refractivity contribution in [3.63, 3.8) is 0 Å². The van der Waals surface area contributed by atoms with Crippen LogP contribution in [0.25, 0.3) is 0 Å². The van der Waals surface area contributed by atoms with Gasteiger partial charge in [0.2, 0.25) is 5.11 Å². The van der Waals surface area contributed by atoms with Crippen LogP contribution in [0, 0.1) is 6.92 Å². The van der Waals surface area contributed by atoms with E-state index < -0.39 is 0 Å². The van der Waals surface area contributed by atoms with Gasteiger partial charge in [-0.25, -0.2) is 4.99 Å². The molecule has 0 radical (unpaired) electrons. The standard InChI is InChI=1S/C22H25N3OS/c1-16-9-11-18(12-10-16)25-20(27)24-19(23-17-7-5-4-6-8-17)22(25)13-14-26-21(2,3)15-22/h4-12H,13-15H2,1-3H3,(H,23,24,27)/t22-/m1/s1. The van der Waals surface area contributed by atoms with Crippen molar-refractivity contribution < 1.29 is 4.74 Å². The predicted octanol–water partition coefficient (Wildman–Crippen LogP) is 4.94. The highest BCUT2D eigenvalue weighted by Crippen LogP contribution is 2.43. The molecule has 0 aliphatic carbocycles. The van der Waals surface area contributed by atoms with Gasteiger partial charge in [-0.05, 0) is 57.3 Å². The summed E-state index contributed by atoms with van der Waals surface area (Å²) in [5.74, 6) is 0.913. The average Bonchev–Trinajstić information content (AvgIpc) is 2.86. The normalized spacial score (nSPS) is 24.2. The number of nitrogens with one attached hydrogen (secondary N) is 1. The van der Waals surface area contributed by atoms with Crippen molar-refractivity contribution in [2.75, 3.05) is 16.8 Å². The maximum atomic E-state index is 6.04. The molecule has 0 aromatic heterocycles. The van der Waals surface area contributed by atoms with Gasteiger partial charge in [0, 0.05) is 30.8 Å². The monoisotopic (exact) mass is 379 g/mol. The number of amidine groups is 1. The van der Waals surface area contributed by atoms with Crippen molar-refractivity contribution in [3.8, 4) is 0 Å². The molecule has 1 N–H and O–H groups in total. The second-order valence-corrected chi connectivity index (χ2v) is 8.34. The van der Waals surface area contributed by atoms with Gasteiger partial charge in [0.05, 0.1) is 5.60 Å². The van der Waals surface area contributed by atoms with E-state index in [1.807, 2.05) is 18.2 Å². The van der Waals surface area contributed by atoms with Crippen LogP contribution in [0.1, 0.15) is 32.3 Å². The van der Waals surface area contributed by atoms with Crippen molar-refractivity contribution in [2.24, 2.45) is 4.99 Å². The highest BCUT2D eigenvalue weighted by molar-refractivity contribution is 7.80. The van der Waals surface area contributed by atoms with E-state index in [0.29, 0.717) is 11.7 Å². The van der Waals surface area contributed by atoms with E-state index >= 15 is 0 Å². The van der Waals surface area contributed by atoms with Crippen molar-refractivity contribution in [1.82, 2.24) is 0 Å². The Bertz CT molecular complexity index is 876. The highest BCUT2D eigenvalue weighted by Gasteiger charge is 2.53. The Balaban J connectivity index is 1.77. The van der Waals surface area contributed by atoms with Gasteiger partial charge in [-0.1, -0.05) is 35.9 Å². The van der Waals surface area contributed by atoms with Gasteiger partial charge >= 0.3 is 0 Å². The average molecular weight is 380 g/mol. The number of aliphatic imine (C=N–C) groups is 1. The topological polar surface area (TPSA) is 36.9 Å². The van der Waals surface area contributed by atoms with E-state index in [2.05, 4.69) is 67.4 Å². The van der Waals surface area contributed by atoms with Crippen LogP contribution in [-0.2, 0) is 4.74 Å². The largest absolute Gasteiger partial charge is 0.375 e. The fourth-order valence-electron chi connectivity index (χ4n) is 4.13. The quantitative estimate of drug-likeness (QED) is 0.750. The maximum absolute atomic E-state index is 6.04. The summed E-state index contributed by atoms with van der Waals surface area (Å²) < 4.78 is 6.04. The molecule has 0 bridgehead atoms. The number of thiocarbonyl (C=S) groups is 1. The number of nitrogens with zero attached hydrogens (tertiary/aromatic N) is 2. The molecule has 0 saturated carbocycles. The third-order valence-electron chi connectivity index (χ3n) is 5.32. The molecule has 2 aromatic carbocycles. The number of para-hydroxylation sites is 1. The molecule has 2 heterocycles. The molecule has 27 heavy (non-hydrogen) atoms. The lowest BCUT2D eigenvalue weighted by Crippen LogP contribution is -2.60. The number of aryl methyl sites for hydroxylation is 1. The summed E-state index contributed by atoms with van der Waals surface area (Å²) in [7, 11) is 0. The molecule has 1 atom stereocenters. The van der Waals surface area contributed by atoms with E-state index in [1.165, 1.54) is 5.56 Å². The van der Waals surface area contributed by atoms with Crippen molar-refractivity contribution in [1.29, 1.82) is 0 Å². The predicted molar refractivity (Wildman–Crippen MR) is 116 cm³/mol. The molecule has 4 nitrogen and oxygen atoms in total. The van der Waals surface area contributed by atoms with Gasteiger partial charge in [0.1, 0.15) is 11.4 Å². The minimum absolute atomic E-state index is 0.250. The first-order valence-electron chi connectivity index (χ1n) is 9.36. The molecule has 0 unspecified atom stereocenters. The van der Waals surface area contributed by atoms with Crippen LogP contribution in [0.3, 0.4) is 0 Å². The van der Waals surface area contributed by atoms with Gasteiger partial charge in [0.15, 0.2) is 0 Å². The Morgan fingerprint density at radius 3 is 2.44 bits per heavy atom. The van der Waals surface area contributed by atoms with Gasteiger partial charge in [-0.15, -0.1) is 0 Å². The molecule has 1 fully saturated rings. The molecule has 2 aliphatic heterocycles. The van der Waals surface area contributed by atoms with Crippen molar-refractivity contribution >= 4 is 34.5 Å². The van der Waals surface area contributed by atoms with Crippen LogP contribution >= 0.6 is 12.2 Å². The Morgan fingerprint density at radius 1 is 1.07 bits per heavy atom. The van der Waals surface area contributed by atoms with Crippen molar-refractivity contribution in [2.45, 2.75) is 44.8 Å². The fourth-order valence-corrected chi connectivity index (χ4v) is 4.50. The second-order valence-electron chi connectivity index (χ2n) is 7.97. The number of hydrogen-bond donors (Lipinski definition) is 1. The SMILES string of the molecule is Cc1ccc(N2C(=S)N=C(Nc3ccccc3)[C@]23CCOC(C)(C)C3)cc1. The van der Waals surface area contributed by atoms with Gasteiger partial charge in [-0.3, -0.25) is 0 Å². The number of rotatable bonds is 2. The number of ether oxygens (including phenoxy) is 1. The fraction of sp³-hybridized carbons (Fsp3) is 0.364. The highest BCUT2D eigenvalue weighted by atomic mass is 32.1. The first-order chi connectivity index (χ1) is 12.9. The molecular formula is C22H25N3OS. The second kappa shape index (κ2) is 6.73. The molecule has 0 amide bonds. The zero-order valence-corrected chi connectivity index (χ0v) is 16.8. The van der Waals surface area contributed by atoms with Crippen LogP contribution in [0.2, 0.25) is 0 Å². The van der Waals surface area contributed by atoms with Gasteiger partial charge < -0.3 is 15.0 Å². The van der Waals surface area contributed by atoms with E-state index in [9.17, 15) is 0 Å². The molecule has 2 aromatic rings. The summed E-state index contributed by atoms with van der Waals surface area (Å²) >= 11 is 5.73. The Labute approximate surface area is 166 Å².